The lowest BCUT2D eigenvalue weighted by molar-refractivity contribution is -0.113. The lowest BCUT2D eigenvalue weighted by Crippen LogP contribution is -2.46. The summed E-state index contributed by atoms with van der Waals surface area (Å²) < 4.78 is 5.27. The first-order chi connectivity index (χ1) is 12.9. The van der Waals surface area contributed by atoms with E-state index in [2.05, 4.69) is 16.0 Å². The van der Waals surface area contributed by atoms with Gasteiger partial charge >= 0.3 is 6.03 Å². The van der Waals surface area contributed by atoms with E-state index >= 15 is 0 Å². The summed E-state index contributed by atoms with van der Waals surface area (Å²) in [6.07, 6.45) is 0. The number of methoxy groups -OCH3 is 1. The van der Waals surface area contributed by atoms with Crippen molar-refractivity contribution in [3.8, 4) is 5.75 Å². The summed E-state index contributed by atoms with van der Waals surface area (Å²) in [7, 11) is 1.52. The maximum Gasteiger partial charge on any atom is 0.319 e. The number of hydrogen-bond donors (Lipinski definition) is 3. The summed E-state index contributed by atoms with van der Waals surface area (Å²) in [5, 5.41) is 9.00. The number of benzene rings is 2. The number of nitrogens with one attached hydrogen (secondary N) is 3. The molecule has 0 fully saturated rings. The van der Waals surface area contributed by atoms with E-state index in [0.717, 1.165) is 0 Å². The zero-order valence-electron chi connectivity index (χ0n) is 14.6. The second kappa shape index (κ2) is 7.90. The molecule has 0 aromatic heterocycles. The Labute approximate surface area is 166 Å². The highest BCUT2D eigenvalue weighted by Gasteiger charge is 2.32. The molecule has 6 nitrogen and oxygen atoms in total. The molecular weight excluding hydrogens is 389 g/mol. The third-order valence-electron chi connectivity index (χ3n) is 4.14. The summed E-state index contributed by atoms with van der Waals surface area (Å²) >= 11 is 12.3. The van der Waals surface area contributed by atoms with Crippen molar-refractivity contribution < 1.29 is 14.3 Å². The Bertz CT molecular complexity index is 944. The monoisotopic (exact) mass is 405 g/mol. The van der Waals surface area contributed by atoms with Gasteiger partial charge in [-0.25, -0.2) is 4.79 Å². The minimum absolute atomic E-state index is 0.338. The fourth-order valence-corrected chi connectivity index (χ4v) is 3.42. The molecule has 0 bridgehead atoms. The number of para-hydroxylation sites is 2. The molecule has 2 aromatic rings. The van der Waals surface area contributed by atoms with Gasteiger partial charge in [0, 0.05) is 15.7 Å². The Hall–Kier alpha value is -2.70. The molecule has 3 rings (SSSR count). The van der Waals surface area contributed by atoms with E-state index in [9.17, 15) is 9.59 Å². The molecule has 0 saturated carbocycles. The van der Waals surface area contributed by atoms with Crippen molar-refractivity contribution in [2.75, 3.05) is 12.4 Å². The van der Waals surface area contributed by atoms with Gasteiger partial charge < -0.3 is 20.7 Å². The third kappa shape index (κ3) is 4.02. The zero-order chi connectivity index (χ0) is 19.6. The van der Waals surface area contributed by atoms with Gasteiger partial charge in [0.05, 0.1) is 24.4 Å². The van der Waals surface area contributed by atoms with Crippen LogP contribution in [-0.2, 0) is 4.79 Å². The van der Waals surface area contributed by atoms with Crippen LogP contribution < -0.4 is 20.7 Å². The van der Waals surface area contributed by atoms with Crippen molar-refractivity contribution in [3.63, 3.8) is 0 Å². The van der Waals surface area contributed by atoms with E-state index in [1.807, 2.05) is 0 Å². The number of rotatable bonds is 4. The first-order valence-electron chi connectivity index (χ1n) is 8.08. The molecule has 0 aliphatic carbocycles. The first-order valence-corrected chi connectivity index (χ1v) is 8.84. The van der Waals surface area contributed by atoms with Gasteiger partial charge in [0.2, 0.25) is 0 Å². The van der Waals surface area contributed by atoms with Crippen LogP contribution in [0.25, 0.3) is 0 Å². The van der Waals surface area contributed by atoms with Gasteiger partial charge in [-0.1, -0.05) is 41.4 Å². The molecule has 0 radical (unpaired) electrons. The number of hydrogen-bond acceptors (Lipinski definition) is 3. The molecule has 1 unspecified atom stereocenters. The van der Waals surface area contributed by atoms with E-state index < -0.39 is 12.1 Å². The topological polar surface area (TPSA) is 79.5 Å². The van der Waals surface area contributed by atoms with E-state index in [1.54, 1.807) is 49.4 Å². The maximum atomic E-state index is 13.0. The van der Waals surface area contributed by atoms with Crippen LogP contribution in [0.4, 0.5) is 10.5 Å². The standard InChI is InChI=1S/C19H17Cl2N3O3/c1-10-16(18(25)23-14-5-3-4-6-15(14)27-2)17(24-19(26)22-10)12-8-7-11(20)9-13(12)21/h3-9,17H,1-2H3,(H,23,25)(H2,22,24,26). The lowest BCUT2D eigenvalue weighted by Gasteiger charge is -2.29. The minimum atomic E-state index is -0.724. The zero-order valence-corrected chi connectivity index (χ0v) is 16.1. The average molecular weight is 406 g/mol. The molecular formula is C19H17Cl2N3O3. The Kier molecular flexibility index (Phi) is 5.58. The van der Waals surface area contributed by atoms with Crippen LogP contribution in [0.1, 0.15) is 18.5 Å². The molecule has 1 atom stereocenters. The fraction of sp³-hybridized carbons (Fsp3) is 0.158. The van der Waals surface area contributed by atoms with Crippen LogP contribution in [-0.4, -0.2) is 19.0 Å². The maximum absolute atomic E-state index is 13.0. The van der Waals surface area contributed by atoms with Crippen LogP contribution in [0, 0.1) is 0 Å². The summed E-state index contributed by atoms with van der Waals surface area (Å²) in [5.41, 5.74) is 1.86. The van der Waals surface area contributed by atoms with Crippen LogP contribution >= 0.6 is 23.2 Å². The molecule has 1 aliphatic rings. The Morgan fingerprint density at radius 3 is 2.63 bits per heavy atom. The van der Waals surface area contributed by atoms with E-state index in [1.165, 1.54) is 7.11 Å². The molecule has 8 heteroatoms. The predicted octanol–water partition coefficient (Wildman–Crippen LogP) is 4.27. The van der Waals surface area contributed by atoms with Crippen LogP contribution in [0.2, 0.25) is 10.0 Å². The molecule has 0 saturated heterocycles. The second-order valence-electron chi connectivity index (χ2n) is 5.89. The molecule has 3 amide bonds. The predicted molar refractivity (Wildman–Crippen MR) is 105 cm³/mol. The second-order valence-corrected chi connectivity index (χ2v) is 6.73. The van der Waals surface area contributed by atoms with Crippen LogP contribution in [0.15, 0.2) is 53.7 Å². The van der Waals surface area contributed by atoms with Gasteiger partial charge in [0.25, 0.3) is 5.91 Å². The van der Waals surface area contributed by atoms with Crippen LogP contribution in [0.3, 0.4) is 0 Å². The number of anilines is 1. The summed E-state index contributed by atoms with van der Waals surface area (Å²) in [4.78, 5) is 25.0. The number of ether oxygens (including phenoxy) is 1. The number of allylic oxidation sites excluding steroid dienone is 1. The summed E-state index contributed by atoms with van der Waals surface area (Å²) in [6.45, 7) is 1.66. The molecule has 27 heavy (non-hydrogen) atoms. The highest BCUT2D eigenvalue weighted by molar-refractivity contribution is 6.35. The SMILES string of the molecule is COc1ccccc1NC(=O)C1=C(C)NC(=O)NC1c1ccc(Cl)cc1Cl. The van der Waals surface area contributed by atoms with Gasteiger partial charge in [0.15, 0.2) is 0 Å². The quantitative estimate of drug-likeness (QED) is 0.710. The highest BCUT2D eigenvalue weighted by Crippen LogP contribution is 2.34. The summed E-state index contributed by atoms with van der Waals surface area (Å²) in [6, 6.07) is 10.8. The van der Waals surface area contributed by atoms with Gasteiger partial charge in [-0.15, -0.1) is 0 Å². The molecule has 3 N–H and O–H groups in total. The smallest absolute Gasteiger partial charge is 0.319 e. The summed E-state index contributed by atoms with van der Waals surface area (Å²) in [5.74, 6) is 0.137. The van der Waals surface area contributed by atoms with Crippen molar-refractivity contribution in [2.45, 2.75) is 13.0 Å². The number of amides is 3. The largest absolute Gasteiger partial charge is 0.495 e. The molecule has 1 aliphatic heterocycles. The van der Waals surface area contributed by atoms with Crippen molar-refractivity contribution >= 4 is 40.8 Å². The molecule has 0 spiro atoms. The molecule has 140 valence electrons. The molecule has 1 heterocycles. The van der Waals surface area contributed by atoms with Gasteiger partial charge in [-0.05, 0) is 36.8 Å². The van der Waals surface area contributed by atoms with Crippen LogP contribution in [0.5, 0.6) is 5.75 Å². The average Bonchev–Trinajstić information content (AvgIpc) is 2.61. The number of carbonyl (C=O) groups excluding carboxylic acids is 2. The normalized spacial score (nSPS) is 16.4. The number of halogens is 2. The van der Waals surface area contributed by atoms with E-state index in [4.69, 9.17) is 27.9 Å². The van der Waals surface area contributed by atoms with Crippen molar-refractivity contribution in [1.82, 2.24) is 10.6 Å². The van der Waals surface area contributed by atoms with Crippen molar-refractivity contribution in [2.24, 2.45) is 0 Å². The Balaban J connectivity index is 2.00. The Morgan fingerprint density at radius 1 is 1.19 bits per heavy atom. The number of urea groups is 1. The lowest BCUT2D eigenvalue weighted by atomic mass is 9.94. The van der Waals surface area contributed by atoms with Crippen molar-refractivity contribution in [1.29, 1.82) is 0 Å². The highest BCUT2D eigenvalue weighted by atomic mass is 35.5. The third-order valence-corrected chi connectivity index (χ3v) is 4.70. The van der Waals surface area contributed by atoms with Gasteiger partial charge in [-0.3, -0.25) is 4.79 Å². The van der Waals surface area contributed by atoms with E-state index in [0.29, 0.717) is 38.3 Å². The Morgan fingerprint density at radius 2 is 1.93 bits per heavy atom. The molecule has 2 aromatic carbocycles. The minimum Gasteiger partial charge on any atom is -0.495 e. The van der Waals surface area contributed by atoms with Gasteiger partial charge in [0.1, 0.15) is 5.75 Å². The fourth-order valence-electron chi connectivity index (χ4n) is 2.90. The van der Waals surface area contributed by atoms with Gasteiger partial charge in [-0.2, -0.15) is 0 Å². The van der Waals surface area contributed by atoms with E-state index in [-0.39, 0.29) is 5.91 Å². The van der Waals surface area contributed by atoms with Crippen molar-refractivity contribution in [3.05, 3.63) is 69.3 Å². The number of carbonyl (C=O) groups is 2. The first kappa shape index (κ1) is 19.1.